The molecule has 0 saturated carbocycles. The van der Waals surface area contributed by atoms with E-state index in [1.807, 2.05) is 32.9 Å². The number of aryl methyl sites for hydroxylation is 1. The molecule has 0 fully saturated rings. The van der Waals surface area contributed by atoms with Gasteiger partial charge in [0.15, 0.2) is 0 Å². The maximum absolute atomic E-state index is 5.77. The Morgan fingerprint density at radius 3 is 2.62 bits per heavy atom. The highest BCUT2D eigenvalue weighted by molar-refractivity contribution is 5.62. The molecule has 0 saturated heterocycles. The number of rotatable bonds is 2. The van der Waals surface area contributed by atoms with Crippen LogP contribution in [0.3, 0.4) is 0 Å². The highest BCUT2D eigenvalue weighted by Gasteiger charge is 2.01. The highest BCUT2D eigenvalue weighted by atomic mass is 14.7. The number of hydrogen-bond donors (Lipinski definition) is 1. The molecule has 2 N–H and O–H groups in total. The van der Waals surface area contributed by atoms with Crippen LogP contribution in [0.15, 0.2) is 23.2 Å². The van der Waals surface area contributed by atoms with Crippen molar-refractivity contribution in [1.29, 1.82) is 0 Å². The van der Waals surface area contributed by atoms with Gasteiger partial charge in [0.25, 0.3) is 0 Å². The minimum Gasteiger partial charge on any atom is -0.324 e. The SMILES string of the molecule is CC=Nc1ccc(C(C)N)cc1C. The van der Waals surface area contributed by atoms with Gasteiger partial charge in [-0.1, -0.05) is 12.1 Å². The van der Waals surface area contributed by atoms with E-state index >= 15 is 0 Å². The third-order valence-corrected chi connectivity index (χ3v) is 2.01. The van der Waals surface area contributed by atoms with Gasteiger partial charge in [-0.25, -0.2) is 0 Å². The summed E-state index contributed by atoms with van der Waals surface area (Å²) in [6.07, 6.45) is 1.80. The van der Waals surface area contributed by atoms with Gasteiger partial charge in [-0.15, -0.1) is 0 Å². The lowest BCUT2D eigenvalue weighted by molar-refractivity contribution is 0.817. The smallest absolute Gasteiger partial charge is 0.0654 e. The van der Waals surface area contributed by atoms with Crippen LogP contribution in [0.1, 0.15) is 31.0 Å². The second-order valence-corrected chi connectivity index (χ2v) is 3.22. The van der Waals surface area contributed by atoms with Crippen molar-refractivity contribution in [2.45, 2.75) is 26.8 Å². The molecule has 0 bridgehead atoms. The summed E-state index contributed by atoms with van der Waals surface area (Å²) in [6, 6.07) is 6.22. The molecule has 0 radical (unpaired) electrons. The van der Waals surface area contributed by atoms with E-state index in [9.17, 15) is 0 Å². The van der Waals surface area contributed by atoms with Crippen LogP contribution in [-0.4, -0.2) is 6.21 Å². The van der Waals surface area contributed by atoms with E-state index < -0.39 is 0 Å². The summed E-state index contributed by atoms with van der Waals surface area (Å²) in [4.78, 5) is 4.24. The maximum atomic E-state index is 5.77. The molecule has 0 aromatic heterocycles. The average Bonchev–Trinajstić information content (AvgIpc) is 2.08. The minimum atomic E-state index is 0.0957. The van der Waals surface area contributed by atoms with E-state index in [0.29, 0.717) is 0 Å². The van der Waals surface area contributed by atoms with Crippen LogP contribution in [-0.2, 0) is 0 Å². The molecule has 1 unspecified atom stereocenters. The largest absolute Gasteiger partial charge is 0.324 e. The van der Waals surface area contributed by atoms with E-state index in [2.05, 4.69) is 11.1 Å². The number of benzene rings is 1. The molecule has 2 heteroatoms. The Labute approximate surface area is 79.5 Å². The number of nitrogens with two attached hydrogens (primary N) is 1. The fourth-order valence-electron chi connectivity index (χ4n) is 1.25. The molecular formula is C11H16N2. The Morgan fingerprint density at radius 1 is 1.46 bits per heavy atom. The molecule has 0 amide bonds. The van der Waals surface area contributed by atoms with Crippen molar-refractivity contribution in [3.8, 4) is 0 Å². The van der Waals surface area contributed by atoms with Gasteiger partial charge in [0.2, 0.25) is 0 Å². The molecule has 1 aromatic carbocycles. The molecule has 1 rings (SSSR count). The molecule has 70 valence electrons. The first kappa shape index (κ1) is 9.93. The van der Waals surface area contributed by atoms with Crippen molar-refractivity contribution >= 4 is 11.9 Å². The molecule has 0 heterocycles. The Kier molecular flexibility index (Phi) is 3.20. The predicted octanol–water partition coefficient (Wildman–Crippen LogP) is 2.74. The van der Waals surface area contributed by atoms with Gasteiger partial charge in [-0.2, -0.15) is 0 Å². The molecule has 0 aliphatic heterocycles. The lowest BCUT2D eigenvalue weighted by Crippen LogP contribution is -2.04. The normalized spacial score (nSPS) is 13.5. The maximum Gasteiger partial charge on any atom is 0.0654 e. The zero-order valence-electron chi connectivity index (χ0n) is 8.41. The Bertz CT molecular complexity index is 314. The monoisotopic (exact) mass is 176 g/mol. The first-order valence-corrected chi connectivity index (χ1v) is 4.50. The number of aliphatic imine (C=N–C) groups is 1. The van der Waals surface area contributed by atoms with Crippen LogP contribution in [0.5, 0.6) is 0 Å². The van der Waals surface area contributed by atoms with Crippen LogP contribution in [0.2, 0.25) is 0 Å². The summed E-state index contributed by atoms with van der Waals surface area (Å²) in [5.74, 6) is 0. The van der Waals surface area contributed by atoms with Crippen molar-refractivity contribution in [1.82, 2.24) is 0 Å². The van der Waals surface area contributed by atoms with Crippen LogP contribution in [0, 0.1) is 6.92 Å². The fraction of sp³-hybridized carbons (Fsp3) is 0.364. The van der Waals surface area contributed by atoms with Crippen molar-refractivity contribution < 1.29 is 0 Å². The summed E-state index contributed by atoms with van der Waals surface area (Å²) >= 11 is 0. The van der Waals surface area contributed by atoms with Crippen LogP contribution >= 0.6 is 0 Å². The van der Waals surface area contributed by atoms with Crippen molar-refractivity contribution in [2.75, 3.05) is 0 Å². The molecule has 2 nitrogen and oxygen atoms in total. The fourth-order valence-corrected chi connectivity index (χ4v) is 1.25. The first-order chi connectivity index (χ1) is 6.15. The molecule has 1 aromatic rings. The lowest BCUT2D eigenvalue weighted by atomic mass is 10.1. The van der Waals surface area contributed by atoms with Crippen LogP contribution in [0.25, 0.3) is 0 Å². The summed E-state index contributed by atoms with van der Waals surface area (Å²) < 4.78 is 0. The lowest BCUT2D eigenvalue weighted by Gasteiger charge is -2.07. The predicted molar refractivity (Wildman–Crippen MR) is 57.6 cm³/mol. The standard InChI is InChI=1S/C11H16N2/c1-4-13-11-6-5-10(9(3)12)7-8(11)2/h4-7,9H,12H2,1-3H3. The van der Waals surface area contributed by atoms with Gasteiger partial charge in [0.05, 0.1) is 5.69 Å². The van der Waals surface area contributed by atoms with E-state index in [-0.39, 0.29) is 6.04 Å². The Hall–Kier alpha value is -1.15. The van der Waals surface area contributed by atoms with Crippen molar-refractivity contribution in [2.24, 2.45) is 10.7 Å². The molecular weight excluding hydrogens is 160 g/mol. The molecule has 0 aliphatic rings. The average molecular weight is 176 g/mol. The topological polar surface area (TPSA) is 38.4 Å². The third kappa shape index (κ3) is 2.39. The molecule has 1 atom stereocenters. The Balaban J connectivity index is 3.05. The van der Waals surface area contributed by atoms with E-state index in [1.54, 1.807) is 6.21 Å². The summed E-state index contributed by atoms with van der Waals surface area (Å²) in [6.45, 7) is 5.95. The van der Waals surface area contributed by atoms with Gasteiger partial charge < -0.3 is 5.73 Å². The highest BCUT2D eigenvalue weighted by Crippen LogP contribution is 2.21. The second-order valence-electron chi connectivity index (χ2n) is 3.22. The summed E-state index contributed by atoms with van der Waals surface area (Å²) in [7, 11) is 0. The number of hydrogen-bond acceptors (Lipinski definition) is 2. The zero-order chi connectivity index (χ0) is 9.84. The van der Waals surface area contributed by atoms with Gasteiger partial charge in [-0.3, -0.25) is 4.99 Å². The van der Waals surface area contributed by atoms with Crippen molar-refractivity contribution in [3.05, 3.63) is 29.3 Å². The molecule has 0 aliphatic carbocycles. The summed E-state index contributed by atoms with van der Waals surface area (Å²) in [5, 5.41) is 0. The molecule has 0 spiro atoms. The van der Waals surface area contributed by atoms with Gasteiger partial charge in [-0.05, 0) is 38.0 Å². The van der Waals surface area contributed by atoms with Crippen molar-refractivity contribution in [3.63, 3.8) is 0 Å². The van der Waals surface area contributed by atoms with E-state index in [1.165, 1.54) is 5.56 Å². The van der Waals surface area contributed by atoms with Crippen LogP contribution < -0.4 is 5.73 Å². The quantitative estimate of drug-likeness (QED) is 0.691. The Morgan fingerprint density at radius 2 is 2.15 bits per heavy atom. The minimum absolute atomic E-state index is 0.0957. The van der Waals surface area contributed by atoms with E-state index in [4.69, 9.17) is 5.73 Å². The van der Waals surface area contributed by atoms with Gasteiger partial charge in [0.1, 0.15) is 0 Å². The molecule has 13 heavy (non-hydrogen) atoms. The van der Waals surface area contributed by atoms with E-state index in [0.717, 1.165) is 11.3 Å². The van der Waals surface area contributed by atoms with Gasteiger partial charge >= 0.3 is 0 Å². The summed E-state index contributed by atoms with van der Waals surface area (Å²) in [5.41, 5.74) is 9.12. The zero-order valence-corrected chi connectivity index (χ0v) is 8.41. The number of nitrogens with zero attached hydrogens (tertiary/aromatic N) is 1. The third-order valence-electron chi connectivity index (χ3n) is 2.01. The second kappa shape index (κ2) is 4.19. The van der Waals surface area contributed by atoms with Gasteiger partial charge in [0, 0.05) is 12.3 Å². The first-order valence-electron chi connectivity index (χ1n) is 4.50. The van der Waals surface area contributed by atoms with Crippen LogP contribution in [0.4, 0.5) is 5.69 Å².